The maximum atomic E-state index is 15.4. The number of piperidine rings is 1. The number of aromatic nitrogens is 1. The summed E-state index contributed by atoms with van der Waals surface area (Å²) in [5.41, 5.74) is -0.884. The van der Waals surface area contributed by atoms with E-state index in [-0.39, 0.29) is 36.6 Å². The lowest BCUT2D eigenvalue weighted by Gasteiger charge is -2.37. The second-order valence-electron chi connectivity index (χ2n) is 6.85. The zero-order valence-electron chi connectivity index (χ0n) is 15.4. The van der Waals surface area contributed by atoms with Gasteiger partial charge in [0.15, 0.2) is 10.7 Å². The molecule has 0 saturated carbocycles. The number of hydrogen-bond donors (Lipinski definition) is 1. The van der Waals surface area contributed by atoms with Gasteiger partial charge in [0.05, 0.1) is 5.56 Å². The fourth-order valence-corrected chi connectivity index (χ4v) is 4.60. The van der Waals surface area contributed by atoms with Gasteiger partial charge >= 0.3 is 12.2 Å². The highest BCUT2D eigenvalue weighted by Crippen LogP contribution is 2.40. The molecule has 1 saturated heterocycles. The maximum Gasteiger partial charge on any atom is 0.416 e. The molecule has 0 bridgehead atoms. The quantitative estimate of drug-likeness (QED) is 0.571. The number of urea groups is 1. The first-order chi connectivity index (χ1) is 13.6. The molecule has 1 aromatic heterocycles. The number of nitrogens with one attached hydrogen (secondary N) is 1. The molecular formula is C18H19F4N3O3S. The highest BCUT2D eigenvalue weighted by Gasteiger charge is 2.48. The third kappa shape index (κ3) is 4.84. The first-order valence-electron chi connectivity index (χ1n) is 8.83. The van der Waals surface area contributed by atoms with Crippen molar-refractivity contribution < 1.29 is 31.4 Å². The Morgan fingerprint density at radius 3 is 2.34 bits per heavy atom. The number of anilines is 1. The molecule has 1 aliphatic rings. The number of likely N-dealkylation sites (tertiary alicyclic amines) is 1. The number of alkyl halides is 4. The second-order valence-corrected chi connectivity index (χ2v) is 8.66. The van der Waals surface area contributed by atoms with Gasteiger partial charge in [-0.3, -0.25) is 5.32 Å². The molecule has 2 aromatic rings. The number of carbonyl (C=O) groups excluding carboxylic acids is 1. The number of halogens is 4. The van der Waals surface area contributed by atoms with E-state index in [1.54, 1.807) is 0 Å². The van der Waals surface area contributed by atoms with Crippen molar-refractivity contribution in [1.29, 1.82) is 0 Å². The van der Waals surface area contributed by atoms with Gasteiger partial charge in [0.1, 0.15) is 6.26 Å². The second kappa shape index (κ2) is 8.23. The van der Waals surface area contributed by atoms with E-state index in [1.165, 1.54) is 24.2 Å². The summed E-state index contributed by atoms with van der Waals surface area (Å²) in [4.78, 5) is 13.7. The van der Waals surface area contributed by atoms with Crippen LogP contribution in [0.3, 0.4) is 0 Å². The Hall–Kier alpha value is -2.27. The summed E-state index contributed by atoms with van der Waals surface area (Å²) in [6, 6.07) is 4.74. The zero-order chi connectivity index (χ0) is 21.2. The summed E-state index contributed by atoms with van der Waals surface area (Å²) < 4.78 is 70.7. The summed E-state index contributed by atoms with van der Waals surface area (Å²) in [6.45, 7) is 1.69. The number of benzene rings is 1. The standard InChI is InChI=1S/C18H19F4N3O3S/c1-17(19,29(27)14-4-2-13(3-5-14)18(20,21)22)12-6-9-25(10-7-12)16(26)23-15-8-11-28-24-15/h2-5,8,11-12H,6-7,9-10H2,1H3,(H,23,24,26). The molecule has 11 heteroatoms. The lowest BCUT2D eigenvalue weighted by Crippen LogP contribution is -2.48. The van der Waals surface area contributed by atoms with E-state index < -0.39 is 39.9 Å². The normalized spacial score (nSPS) is 18.9. The van der Waals surface area contributed by atoms with Crippen LogP contribution in [0.25, 0.3) is 0 Å². The Labute approximate surface area is 167 Å². The average Bonchev–Trinajstić information content (AvgIpc) is 3.20. The molecule has 1 N–H and O–H groups in total. The van der Waals surface area contributed by atoms with Crippen LogP contribution < -0.4 is 5.32 Å². The molecule has 0 aliphatic carbocycles. The van der Waals surface area contributed by atoms with Crippen molar-refractivity contribution in [3.8, 4) is 0 Å². The fraction of sp³-hybridized carbons (Fsp3) is 0.444. The molecule has 1 fully saturated rings. The largest absolute Gasteiger partial charge is 0.609 e. The Kier molecular flexibility index (Phi) is 6.08. The van der Waals surface area contributed by atoms with Crippen LogP contribution in [0.2, 0.25) is 0 Å². The number of amides is 2. The molecule has 6 nitrogen and oxygen atoms in total. The van der Waals surface area contributed by atoms with E-state index in [4.69, 9.17) is 0 Å². The fourth-order valence-electron chi connectivity index (χ4n) is 3.21. The van der Waals surface area contributed by atoms with Gasteiger partial charge in [-0.2, -0.15) is 17.6 Å². The van der Waals surface area contributed by atoms with Crippen molar-refractivity contribution in [2.75, 3.05) is 18.4 Å². The topological polar surface area (TPSA) is 81.4 Å². The summed E-state index contributed by atoms with van der Waals surface area (Å²) in [7, 11) is 0. The first-order valence-corrected chi connectivity index (χ1v) is 9.98. The first kappa shape index (κ1) is 21.4. The van der Waals surface area contributed by atoms with Crippen molar-refractivity contribution >= 4 is 23.0 Å². The molecule has 158 valence electrons. The van der Waals surface area contributed by atoms with Gasteiger partial charge in [0.25, 0.3) is 5.00 Å². The highest BCUT2D eigenvalue weighted by molar-refractivity contribution is 7.92. The molecular weight excluding hydrogens is 414 g/mol. The molecule has 2 heterocycles. The van der Waals surface area contributed by atoms with Crippen molar-refractivity contribution in [1.82, 2.24) is 10.1 Å². The Morgan fingerprint density at radius 2 is 1.83 bits per heavy atom. The van der Waals surface area contributed by atoms with Crippen LogP contribution >= 0.6 is 0 Å². The Morgan fingerprint density at radius 1 is 1.21 bits per heavy atom. The van der Waals surface area contributed by atoms with Gasteiger partial charge in [-0.15, -0.1) is 0 Å². The van der Waals surface area contributed by atoms with Crippen LogP contribution in [0.5, 0.6) is 0 Å². The number of hydrogen-bond acceptors (Lipinski definition) is 4. The van der Waals surface area contributed by atoms with Crippen LogP contribution in [0.4, 0.5) is 28.2 Å². The summed E-state index contributed by atoms with van der Waals surface area (Å²) in [5.74, 6) is -0.349. The molecule has 1 aromatic carbocycles. The summed E-state index contributed by atoms with van der Waals surface area (Å²) >= 11 is -2.15. The van der Waals surface area contributed by atoms with Gasteiger partial charge in [-0.25, -0.2) is 4.79 Å². The molecule has 0 spiro atoms. The van der Waals surface area contributed by atoms with Crippen LogP contribution in [0.15, 0.2) is 46.0 Å². The monoisotopic (exact) mass is 433 g/mol. The lowest BCUT2D eigenvalue weighted by molar-refractivity contribution is -0.137. The minimum Gasteiger partial charge on any atom is -0.609 e. The lowest BCUT2D eigenvalue weighted by atomic mass is 9.92. The van der Waals surface area contributed by atoms with Crippen LogP contribution in [0, 0.1) is 5.92 Å². The summed E-state index contributed by atoms with van der Waals surface area (Å²) in [6.07, 6.45) is -2.66. The van der Waals surface area contributed by atoms with Crippen molar-refractivity contribution in [2.24, 2.45) is 5.92 Å². The third-order valence-corrected chi connectivity index (χ3v) is 6.70. The Bertz CT molecular complexity index is 820. The van der Waals surface area contributed by atoms with E-state index in [0.29, 0.717) is 0 Å². The number of rotatable bonds is 4. The maximum absolute atomic E-state index is 15.4. The van der Waals surface area contributed by atoms with Crippen molar-refractivity contribution in [2.45, 2.75) is 35.8 Å². The van der Waals surface area contributed by atoms with Gasteiger partial charge in [0.2, 0.25) is 0 Å². The van der Waals surface area contributed by atoms with E-state index in [0.717, 1.165) is 24.3 Å². The molecule has 29 heavy (non-hydrogen) atoms. The van der Waals surface area contributed by atoms with Gasteiger partial charge in [-0.1, -0.05) is 5.16 Å². The van der Waals surface area contributed by atoms with Crippen LogP contribution in [-0.2, 0) is 17.4 Å². The predicted octanol–water partition coefficient (Wildman–Crippen LogP) is 4.43. The van der Waals surface area contributed by atoms with E-state index in [9.17, 15) is 22.5 Å². The third-order valence-electron chi connectivity index (χ3n) is 4.94. The predicted molar refractivity (Wildman–Crippen MR) is 97.2 cm³/mol. The zero-order valence-corrected chi connectivity index (χ0v) is 16.2. The minimum absolute atomic E-state index is 0.00537. The molecule has 2 unspecified atom stereocenters. The number of nitrogens with zero attached hydrogens (tertiary/aromatic N) is 2. The SMILES string of the molecule is CC(F)(C1CCN(C(=O)Nc2ccon2)CC1)[S+]([O-])c1ccc(C(F)(F)F)cc1. The average molecular weight is 433 g/mol. The van der Waals surface area contributed by atoms with Crippen molar-refractivity contribution in [3.63, 3.8) is 0 Å². The summed E-state index contributed by atoms with van der Waals surface area (Å²) in [5, 5.41) is 3.98. The van der Waals surface area contributed by atoms with E-state index >= 15 is 4.39 Å². The van der Waals surface area contributed by atoms with Gasteiger partial charge in [-0.05, 0) is 37.1 Å². The van der Waals surface area contributed by atoms with Gasteiger partial charge in [0, 0.05) is 43.2 Å². The van der Waals surface area contributed by atoms with Gasteiger partial charge < -0.3 is 14.0 Å². The van der Waals surface area contributed by atoms with E-state index in [2.05, 4.69) is 15.0 Å². The molecule has 2 amide bonds. The van der Waals surface area contributed by atoms with Crippen LogP contribution in [-0.4, -0.2) is 38.7 Å². The molecule has 3 rings (SSSR count). The highest BCUT2D eigenvalue weighted by atomic mass is 32.2. The van der Waals surface area contributed by atoms with E-state index in [1.807, 2.05) is 0 Å². The number of carbonyl (C=O) groups is 1. The molecule has 2 atom stereocenters. The minimum atomic E-state index is -4.52. The molecule has 0 radical (unpaired) electrons. The Balaban J connectivity index is 1.60. The van der Waals surface area contributed by atoms with Crippen molar-refractivity contribution in [3.05, 3.63) is 42.2 Å². The van der Waals surface area contributed by atoms with Crippen LogP contribution in [0.1, 0.15) is 25.3 Å². The smallest absolute Gasteiger partial charge is 0.416 e. The molecule has 1 aliphatic heterocycles.